The molecule has 1 radical (unpaired) electrons. The highest BCUT2D eigenvalue weighted by Crippen LogP contribution is 2.08. The molecule has 0 aliphatic heterocycles. The van der Waals surface area contributed by atoms with E-state index in [4.69, 9.17) is 0 Å². The Kier molecular flexibility index (Phi) is 2.70. The Balaban J connectivity index is 2.71. The Morgan fingerprint density at radius 2 is 2.18 bits per heavy atom. The van der Waals surface area contributed by atoms with Gasteiger partial charge in [-0.05, 0) is 36.5 Å². The zero-order chi connectivity index (χ0) is 8.27. The third-order valence-corrected chi connectivity index (χ3v) is 1.65. The molecule has 0 aliphatic rings. The molecule has 0 amide bonds. The summed E-state index contributed by atoms with van der Waals surface area (Å²) in [5.41, 5.74) is 2.67. The van der Waals surface area contributed by atoms with Crippen molar-refractivity contribution in [2.75, 3.05) is 0 Å². The molecule has 11 heavy (non-hydrogen) atoms. The first-order chi connectivity index (χ1) is 5.18. The largest absolute Gasteiger partial charge is 0.0625 e. The van der Waals surface area contributed by atoms with Gasteiger partial charge in [-0.2, -0.15) is 0 Å². The van der Waals surface area contributed by atoms with Crippen LogP contribution < -0.4 is 0 Å². The molecule has 59 valence electrons. The molecule has 1 aromatic rings. The van der Waals surface area contributed by atoms with Gasteiger partial charge >= 0.3 is 0 Å². The van der Waals surface area contributed by atoms with Crippen LogP contribution in [0.1, 0.15) is 25.0 Å². The Hall–Kier alpha value is -0.780. The zero-order valence-corrected chi connectivity index (χ0v) is 7.52. The third kappa shape index (κ3) is 2.75. The summed E-state index contributed by atoms with van der Waals surface area (Å²) in [4.78, 5) is 0. The fraction of sp³-hybridized carbons (Fsp3) is 0.455. The predicted octanol–water partition coefficient (Wildman–Crippen LogP) is 2.99. The molecule has 0 saturated carbocycles. The molecular weight excluding hydrogens is 132 g/mol. The van der Waals surface area contributed by atoms with E-state index < -0.39 is 0 Å². The van der Waals surface area contributed by atoms with E-state index in [-0.39, 0.29) is 0 Å². The first-order valence-corrected chi connectivity index (χ1v) is 4.15. The molecule has 0 aliphatic carbocycles. The molecule has 0 fully saturated rings. The number of aryl methyl sites for hydroxylation is 1. The Bertz CT molecular complexity index is 223. The van der Waals surface area contributed by atoms with Gasteiger partial charge in [-0.15, -0.1) is 0 Å². The average Bonchev–Trinajstić information content (AvgIpc) is 1.85. The van der Waals surface area contributed by atoms with Gasteiger partial charge in [0.05, 0.1) is 0 Å². The summed E-state index contributed by atoms with van der Waals surface area (Å²) in [6.45, 7) is 6.57. The molecule has 1 aromatic carbocycles. The first-order valence-electron chi connectivity index (χ1n) is 4.15. The highest BCUT2D eigenvalue weighted by atomic mass is 14.0. The van der Waals surface area contributed by atoms with Crippen LogP contribution in [0.5, 0.6) is 0 Å². The maximum Gasteiger partial charge on any atom is -0.0152 e. The lowest BCUT2D eigenvalue weighted by molar-refractivity contribution is 0.647. The van der Waals surface area contributed by atoms with Crippen molar-refractivity contribution in [3.05, 3.63) is 35.4 Å². The molecule has 0 bridgehead atoms. The molecule has 0 heteroatoms. The first kappa shape index (κ1) is 8.32. The van der Waals surface area contributed by atoms with E-state index in [1.165, 1.54) is 17.5 Å². The van der Waals surface area contributed by atoms with Crippen molar-refractivity contribution in [3.63, 3.8) is 0 Å². The highest BCUT2D eigenvalue weighted by Gasteiger charge is 1.96. The maximum atomic E-state index is 3.14. The van der Waals surface area contributed by atoms with Crippen molar-refractivity contribution in [2.45, 2.75) is 27.2 Å². The van der Waals surface area contributed by atoms with Crippen LogP contribution in [-0.2, 0) is 6.42 Å². The molecule has 0 nitrogen and oxygen atoms in total. The lowest BCUT2D eigenvalue weighted by atomic mass is 10.0. The van der Waals surface area contributed by atoms with Crippen LogP contribution >= 0.6 is 0 Å². The Morgan fingerprint density at radius 1 is 1.45 bits per heavy atom. The van der Waals surface area contributed by atoms with Crippen LogP contribution in [0.2, 0.25) is 0 Å². The van der Waals surface area contributed by atoms with Gasteiger partial charge in [0, 0.05) is 0 Å². The van der Waals surface area contributed by atoms with Crippen molar-refractivity contribution in [1.29, 1.82) is 0 Å². The van der Waals surface area contributed by atoms with Crippen molar-refractivity contribution >= 4 is 0 Å². The molecule has 0 atom stereocenters. The van der Waals surface area contributed by atoms with Gasteiger partial charge in [0.1, 0.15) is 0 Å². The number of hydrogen-bond donors (Lipinski definition) is 0. The van der Waals surface area contributed by atoms with Crippen molar-refractivity contribution in [3.8, 4) is 0 Å². The van der Waals surface area contributed by atoms with E-state index in [1.807, 2.05) is 6.07 Å². The van der Waals surface area contributed by atoms with Crippen molar-refractivity contribution in [1.82, 2.24) is 0 Å². The lowest BCUT2D eigenvalue weighted by Gasteiger charge is -2.04. The van der Waals surface area contributed by atoms with E-state index in [2.05, 4.69) is 39.0 Å². The number of hydrogen-bond acceptors (Lipinski definition) is 0. The van der Waals surface area contributed by atoms with Gasteiger partial charge in [0.2, 0.25) is 0 Å². The van der Waals surface area contributed by atoms with Crippen LogP contribution in [0.3, 0.4) is 0 Å². The second-order valence-electron chi connectivity index (χ2n) is 3.48. The normalized spacial score (nSPS) is 10.5. The minimum absolute atomic E-state index is 0.747. The van der Waals surface area contributed by atoms with E-state index in [1.54, 1.807) is 0 Å². The Labute approximate surface area is 69.3 Å². The Morgan fingerprint density at radius 3 is 2.73 bits per heavy atom. The minimum atomic E-state index is 0.747. The summed E-state index contributed by atoms with van der Waals surface area (Å²) in [6.07, 6.45) is 1.18. The highest BCUT2D eigenvalue weighted by molar-refractivity contribution is 5.21. The second kappa shape index (κ2) is 3.56. The lowest BCUT2D eigenvalue weighted by Crippen LogP contribution is -1.93. The summed E-state index contributed by atoms with van der Waals surface area (Å²) in [5.74, 6) is 0.747. The van der Waals surface area contributed by atoms with Gasteiger partial charge in [-0.3, -0.25) is 0 Å². The van der Waals surface area contributed by atoms with E-state index in [0.29, 0.717) is 0 Å². The predicted molar refractivity (Wildman–Crippen MR) is 48.6 cm³/mol. The molecule has 0 N–H and O–H groups in total. The SMILES string of the molecule is Cc1[c]ccc(CC(C)C)c1. The third-order valence-electron chi connectivity index (χ3n) is 1.65. The van der Waals surface area contributed by atoms with Crippen LogP contribution in [0.15, 0.2) is 18.2 Å². The van der Waals surface area contributed by atoms with Gasteiger partial charge < -0.3 is 0 Å². The smallest absolute Gasteiger partial charge is 0.0152 e. The molecule has 0 aromatic heterocycles. The van der Waals surface area contributed by atoms with E-state index >= 15 is 0 Å². The monoisotopic (exact) mass is 147 g/mol. The van der Waals surface area contributed by atoms with Gasteiger partial charge in [0.15, 0.2) is 0 Å². The zero-order valence-electron chi connectivity index (χ0n) is 7.52. The standard InChI is InChI=1S/C11H15/c1-9(2)7-11-6-4-5-10(3)8-11/h4,6,8-9H,7H2,1-3H3. The summed E-state index contributed by atoms with van der Waals surface area (Å²) in [5, 5.41) is 0. The minimum Gasteiger partial charge on any atom is -0.0625 e. The number of benzene rings is 1. The van der Waals surface area contributed by atoms with Crippen LogP contribution in [0, 0.1) is 18.9 Å². The van der Waals surface area contributed by atoms with Crippen LogP contribution in [0.4, 0.5) is 0 Å². The second-order valence-corrected chi connectivity index (χ2v) is 3.48. The van der Waals surface area contributed by atoms with E-state index in [0.717, 1.165) is 5.92 Å². The van der Waals surface area contributed by atoms with Crippen molar-refractivity contribution < 1.29 is 0 Å². The average molecular weight is 147 g/mol. The summed E-state index contributed by atoms with van der Waals surface area (Å²) in [6, 6.07) is 9.51. The molecule has 0 unspecified atom stereocenters. The summed E-state index contributed by atoms with van der Waals surface area (Å²) < 4.78 is 0. The fourth-order valence-corrected chi connectivity index (χ4v) is 1.25. The molecule has 1 rings (SSSR count). The molecule has 0 spiro atoms. The number of rotatable bonds is 2. The van der Waals surface area contributed by atoms with Crippen LogP contribution in [-0.4, -0.2) is 0 Å². The quantitative estimate of drug-likeness (QED) is 0.603. The fourth-order valence-electron chi connectivity index (χ4n) is 1.25. The van der Waals surface area contributed by atoms with Gasteiger partial charge in [0.25, 0.3) is 0 Å². The summed E-state index contributed by atoms with van der Waals surface area (Å²) in [7, 11) is 0. The van der Waals surface area contributed by atoms with E-state index in [9.17, 15) is 0 Å². The van der Waals surface area contributed by atoms with Crippen LogP contribution in [0.25, 0.3) is 0 Å². The molecular formula is C11H15. The van der Waals surface area contributed by atoms with Crippen molar-refractivity contribution in [2.24, 2.45) is 5.92 Å². The topological polar surface area (TPSA) is 0 Å². The molecule has 0 saturated heterocycles. The molecule has 0 heterocycles. The maximum absolute atomic E-state index is 3.14. The van der Waals surface area contributed by atoms with Gasteiger partial charge in [-0.1, -0.05) is 32.0 Å². The van der Waals surface area contributed by atoms with Gasteiger partial charge in [-0.25, -0.2) is 0 Å². The summed E-state index contributed by atoms with van der Waals surface area (Å²) >= 11 is 0.